The Bertz CT molecular complexity index is 1120. The van der Waals surface area contributed by atoms with E-state index in [-0.39, 0.29) is 23.2 Å². The highest BCUT2D eigenvalue weighted by atomic mass is 35.5. The molecule has 2 aromatic rings. The first kappa shape index (κ1) is 22.8. The second kappa shape index (κ2) is 8.87. The summed E-state index contributed by atoms with van der Waals surface area (Å²) in [6.07, 6.45) is 3.91. The lowest BCUT2D eigenvalue weighted by Crippen LogP contribution is -2.47. The zero-order valence-corrected chi connectivity index (χ0v) is 19.4. The van der Waals surface area contributed by atoms with Gasteiger partial charge in [-0.15, -0.1) is 0 Å². The molecule has 32 heavy (non-hydrogen) atoms. The summed E-state index contributed by atoms with van der Waals surface area (Å²) in [4.78, 5) is 14.5. The van der Waals surface area contributed by atoms with Gasteiger partial charge in [0, 0.05) is 18.8 Å². The lowest BCUT2D eigenvalue weighted by Gasteiger charge is -2.35. The molecule has 174 valence electrons. The second-order valence-electron chi connectivity index (χ2n) is 8.15. The number of ether oxygens (including phenoxy) is 1. The van der Waals surface area contributed by atoms with E-state index in [1.54, 1.807) is 11.1 Å². The number of nitrogens with one attached hydrogen (secondary N) is 1. The van der Waals surface area contributed by atoms with Crippen molar-refractivity contribution in [2.24, 2.45) is 0 Å². The van der Waals surface area contributed by atoms with Gasteiger partial charge in [0.1, 0.15) is 11.9 Å². The predicted molar refractivity (Wildman–Crippen MR) is 118 cm³/mol. The number of benzene rings is 1. The average Bonchev–Trinajstić information content (AvgIpc) is 3.11. The minimum absolute atomic E-state index is 0.0647. The summed E-state index contributed by atoms with van der Waals surface area (Å²) in [6.45, 7) is 3.54. The zero-order chi connectivity index (χ0) is 23.0. The van der Waals surface area contributed by atoms with Crippen molar-refractivity contribution in [3.8, 4) is 5.75 Å². The van der Waals surface area contributed by atoms with Gasteiger partial charge in [-0.3, -0.25) is 4.68 Å². The summed E-state index contributed by atoms with van der Waals surface area (Å²) in [5.74, 6) is 0.0430. The number of sulfonamides is 1. The second-order valence-corrected chi connectivity index (χ2v) is 10.5. The topological polar surface area (TPSA) is 96.8 Å². The number of carbonyl (C=O) groups is 1. The number of rotatable bonds is 4. The number of piperidine rings is 1. The summed E-state index contributed by atoms with van der Waals surface area (Å²) >= 11 is 5.81. The smallest absolute Gasteiger partial charge is 0.322 e. The summed E-state index contributed by atoms with van der Waals surface area (Å²) < 4.78 is 46.2. The summed E-state index contributed by atoms with van der Waals surface area (Å²) in [5.41, 5.74) is 1.18. The number of aromatic nitrogens is 2. The van der Waals surface area contributed by atoms with E-state index in [2.05, 4.69) is 10.4 Å². The maximum Gasteiger partial charge on any atom is 0.322 e. The fourth-order valence-electron chi connectivity index (χ4n) is 3.98. The van der Waals surface area contributed by atoms with Crippen LogP contribution in [-0.2, 0) is 23.1 Å². The molecule has 1 saturated heterocycles. The lowest BCUT2D eigenvalue weighted by molar-refractivity contribution is 0.127. The third-order valence-electron chi connectivity index (χ3n) is 5.80. The van der Waals surface area contributed by atoms with Crippen molar-refractivity contribution in [1.29, 1.82) is 0 Å². The molecule has 1 atom stereocenters. The Morgan fingerprint density at radius 1 is 1.31 bits per heavy atom. The molecule has 12 heteroatoms. The molecule has 1 fully saturated rings. The highest BCUT2D eigenvalue weighted by Crippen LogP contribution is 2.29. The maximum atomic E-state index is 13.4. The van der Waals surface area contributed by atoms with E-state index in [1.165, 1.54) is 28.8 Å². The van der Waals surface area contributed by atoms with E-state index < -0.39 is 15.8 Å². The molecule has 1 N–H and O–H groups in total. The average molecular weight is 486 g/mol. The standard InChI is InChI=1S/C20H25ClFN5O4S/c1-13-11-27-18(12-26(13)20(28)24-14-3-4-17(22)16(21)9-14)19(10-23-27)31-15-5-7-25(8-6-15)32(2,29)30/h3-4,9-10,13,15H,5-8,11-12H2,1-2H3,(H,24,28)/t13-/m0/s1. The van der Waals surface area contributed by atoms with Gasteiger partial charge >= 0.3 is 6.03 Å². The molecule has 9 nitrogen and oxygen atoms in total. The number of nitrogens with zero attached hydrogens (tertiary/aromatic N) is 4. The zero-order valence-electron chi connectivity index (χ0n) is 17.8. The predicted octanol–water partition coefficient (Wildman–Crippen LogP) is 2.91. The van der Waals surface area contributed by atoms with Crippen molar-refractivity contribution in [3.05, 3.63) is 40.9 Å². The monoisotopic (exact) mass is 485 g/mol. The minimum atomic E-state index is -3.20. The number of fused-ring (bicyclic) bond motifs is 1. The third-order valence-corrected chi connectivity index (χ3v) is 7.39. The Morgan fingerprint density at radius 2 is 2.03 bits per heavy atom. The molecule has 1 aromatic carbocycles. The first-order valence-electron chi connectivity index (χ1n) is 10.3. The van der Waals surface area contributed by atoms with E-state index in [9.17, 15) is 17.6 Å². The van der Waals surface area contributed by atoms with Crippen LogP contribution in [0.15, 0.2) is 24.4 Å². The molecular weight excluding hydrogens is 461 g/mol. The third kappa shape index (κ3) is 4.84. The molecule has 2 amide bonds. The molecule has 1 aromatic heterocycles. The Hall–Kier alpha value is -2.37. The van der Waals surface area contributed by atoms with Crippen LogP contribution >= 0.6 is 11.6 Å². The van der Waals surface area contributed by atoms with Crippen molar-refractivity contribution in [3.63, 3.8) is 0 Å². The van der Waals surface area contributed by atoms with E-state index in [4.69, 9.17) is 16.3 Å². The molecule has 0 aliphatic carbocycles. The number of amides is 2. The van der Waals surface area contributed by atoms with Crippen LogP contribution < -0.4 is 10.1 Å². The van der Waals surface area contributed by atoms with Gasteiger partial charge in [0.2, 0.25) is 10.0 Å². The van der Waals surface area contributed by atoms with Gasteiger partial charge in [-0.2, -0.15) is 5.10 Å². The molecule has 2 aliphatic heterocycles. The van der Waals surface area contributed by atoms with Gasteiger partial charge in [0.15, 0.2) is 5.75 Å². The molecule has 0 unspecified atom stereocenters. The molecule has 3 heterocycles. The van der Waals surface area contributed by atoms with Crippen LogP contribution in [0.25, 0.3) is 0 Å². The number of urea groups is 1. The van der Waals surface area contributed by atoms with Crippen molar-refractivity contribution >= 4 is 33.3 Å². The quantitative estimate of drug-likeness (QED) is 0.718. The van der Waals surface area contributed by atoms with Crippen LogP contribution in [0.5, 0.6) is 5.75 Å². The van der Waals surface area contributed by atoms with Crippen molar-refractivity contribution < 1.29 is 22.3 Å². The Morgan fingerprint density at radius 3 is 2.69 bits per heavy atom. The molecule has 0 spiro atoms. The van der Waals surface area contributed by atoms with Gasteiger partial charge in [0.05, 0.1) is 42.3 Å². The maximum absolute atomic E-state index is 13.4. The largest absolute Gasteiger partial charge is 0.487 e. The van der Waals surface area contributed by atoms with Crippen LogP contribution in [0, 0.1) is 5.82 Å². The molecule has 2 aliphatic rings. The lowest BCUT2D eigenvalue weighted by atomic mass is 10.1. The summed E-state index contributed by atoms with van der Waals surface area (Å²) in [7, 11) is -3.20. The molecular formula is C20H25ClFN5O4S. The molecule has 0 bridgehead atoms. The van der Waals surface area contributed by atoms with Crippen molar-refractivity contribution in [2.75, 3.05) is 24.7 Å². The number of hydrogen-bond donors (Lipinski definition) is 1. The van der Waals surface area contributed by atoms with Crippen molar-refractivity contribution in [2.45, 2.75) is 45.0 Å². The number of halogens is 2. The first-order chi connectivity index (χ1) is 15.1. The highest BCUT2D eigenvalue weighted by Gasteiger charge is 2.32. The van der Waals surface area contributed by atoms with Crippen LogP contribution in [0.3, 0.4) is 0 Å². The summed E-state index contributed by atoms with van der Waals surface area (Å²) in [5, 5.41) is 7.09. The van der Waals surface area contributed by atoms with E-state index >= 15 is 0 Å². The SMILES string of the molecule is C[C@H]1Cn2ncc(OC3CCN(S(C)(=O)=O)CC3)c2CN1C(=O)Nc1ccc(F)c(Cl)c1. The van der Waals surface area contributed by atoms with Gasteiger partial charge in [-0.05, 0) is 38.0 Å². The Kier molecular flexibility index (Phi) is 6.33. The minimum Gasteiger partial charge on any atom is -0.487 e. The Labute approximate surface area is 191 Å². The van der Waals surface area contributed by atoms with Crippen molar-refractivity contribution in [1.82, 2.24) is 19.0 Å². The van der Waals surface area contributed by atoms with Gasteiger partial charge in [-0.1, -0.05) is 11.6 Å². The fourth-order valence-corrected chi connectivity index (χ4v) is 5.03. The highest BCUT2D eigenvalue weighted by molar-refractivity contribution is 7.88. The molecule has 0 saturated carbocycles. The van der Waals surface area contributed by atoms with Crippen LogP contribution in [0.1, 0.15) is 25.5 Å². The van der Waals surface area contributed by atoms with E-state index in [1.807, 2.05) is 11.6 Å². The Balaban J connectivity index is 1.43. The van der Waals surface area contributed by atoms with E-state index in [0.717, 1.165) is 5.69 Å². The number of hydrogen-bond acceptors (Lipinski definition) is 5. The first-order valence-corrected chi connectivity index (χ1v) is 12.5. The van der Waals surface area contributed by atoms with Crippen LogP contribution in [0.4, 0.5) is 14.9 Å². The summed E-state index contributed by atoms with van der Waals surface area (Å²) in [6, 6.07) is 3.57. The normalized spacial score (nSPS) is 20.1. The van der Waals surface area contributed by atoms with Crippen LogP contribution in [-0.4, -0.2) is 64.9 Å². The number of carbonyl (C=O) groups excluding carboxylic acids is 1. The fraction of sp³-hybridized carbons (Fsp3) is 0.500. The number of anilines is 1. The van der Waals surface area contributed by atoms with Gasteiger partial charge in [0.25, 0.3) is 0 Å². The molecule has 0 radical (unpaired) electrons. The van der Waals surface area contributed by atoms with Gasteiger partial charge in [-0.25, -0.2) is 21.9 Å². The molecule has 4 rings (SSSR count). The van der Waals surface area contributed by atoms with Crippen LogP contribution in [0.2, 0.25) is 5.02 Å². The van der Waals surface area contributed by atoms with E-state index in [0.29, 0.717) is 50.5 Å². The van der Waals surface area contributed by atoms with Gasteiger partial charge < -0.3 is 15.0 Å².